The van der Waals surface area contributed by atoms with Gasteiger partial charge in [-0.05, 0) is 29.1 Å². The molecule has 7 nitrogen and oxygen atoms in total. The molecule has 1 unspecified atom stereocenters. The van der Waals surface area contributed by atoms with E-state index in [1.54, 1.807) is 24.3 Å². The van der Waals surface area contributed by atoms with Crippen LogP contribution in [0.4, 0.5) is 21.0 Å². The molecule has 1 aromatic heterocycles. The second-order valence-electron chi connectivity index (χ2n) is 5.11. The predicted molar refractivity (Wildman–Crippen MR) is 98.4 cm³/mol. The highest BCUT2D eigenvalue weighted by Gasteiger charge is 2.17. The molecule has 2 amide bonds. The number of nitrogens with two attached hydrogens (primary N) is 2. The molecule has 8 heteroatoms. The molecule has 5 N–H and O–H groups in total. The third-order valence-electron chi connectivity index (χ3n) is 3.37. The van der Waals surface area contributed by atoms with E-state index in [9.17, 15) is 9.59 Å². The number of hydrogen-bond acceptors (Lipinski definition) is 6. The molecule has 1 aromatic carbocycles. The molecular formula is C17H19N3O4S. The van der Waals surface area contributed by atoms with E-state index in [1.165, 1.54) is 18.4 Å². The first-order valence-electron chi connectivity index (χ1n) is 7.35. The number of thiophene rings is 1. The zero-order valence-corrected chi connectivity index (χ0v) is 14.5. The number of carbonyl (C=O) groups is 2. The fraction of sp³-hybridized carbons (Fsp3) is 0.176. The summed E-state index contributed by atoms with van der Waals surface area (Å²) < 4.78 is 9.66. The topological polar surface area (TPSA) is 117 Å². The van der Waals surface area contributed by atoms with Crippen molar-refractivity contribution in [3.63, 3.8) is 0 Å². The number of methoxy groups -OCH3 is 1. The van der Waals surface area contributed by atoms with Gasteiger partial charge in [-0.3, -0.25) is 5.32 Å². The smallest absolute Gasteiger partial charge is 0.411 e. The van der Waals surface area contributed by atoms with Crippen LogP contribution >= 0.6 is 11.3 Å². The maximum absolute atomic E-state index is 11.2. The van der Waals surface area contributed by atoms with Crippen LogP contribution in [-0.4, -0.2) is 19.3 Å². The van der Waals surface area contributed by atoms with Gasteiger partial charge in [-0.25, -0.2) is 9.59 Å². The molecule has 0 radical (unpaired) electrons. The number of ether oxygens (including phenoxy) is 2. The van der Waals surface area contributed by atoms with Crippen molar-refractivity contribution in [2.45, 2.75) is 12.5 Å². The van der Waals surface area contributed by atoms with Crippen molar-refractivity contribution in [3.8, 4) is 11.1 Å². The van der Waals surface area contributed by atoms with Gasteiger partial charge in [0, 0.05) is 28.2 Å². The molecule has 132 valence electrons. The molecule has 1 atom stereocenters. The first kappa shape index (κ1) is 18.3. The fourth-order valence-corrected chi connectivity index (χ4v) is 3.20. The van der Waals surface area contributed by atoms with Crippen LogP contribution in [0.3, 0.4) is 0 Å². The standard InChI is InChI=1S/C17H19N3O4S/c1-3-4-14(24-16(19)21)15-7-10(9-25-15)12-6-5-11(8-13(12)18)20-17(22)23-2/h3,5-9,14H,1,4,18H2,2H3,(H2,19,21)(H,20,22). The maximum atomic E-state index is 11.2. The Kier molecular flexibility index (Phi) is 6.02. The minimum Gasteiger partial charge on any atom is -0.453 e. The monoisotopic (exact) mass is 361 g/mol. The Morgan fingerprint density at radius 2 is 2.16 bits per heavy atom. The fourth-order valence-electron chi connectivity index (χ4n) is 2.25. The van der Waals surface area contributed by atoms with E-state index >= 15 is 0 Å². The van der Waals surface area contributed by atoms with Crippen LogP contribution < -0.4 is 16.8 Å². The van der Waals surface area contributed by atoms with E-state index in [2.05, 4.69) is 16.6 Å². The molecule has 0 aliphatic heterocycles. The second kappa shape index (κ2) is 8.20. The average Bonchev–Trinajstić information content (AvgIpc) is 3.03. The number of nitrogen functional groups attached to an aromatic ring is 1. The summed E-state index contributed by atoms with van der Waals surface area (Å²) in [7, 11) is 1.29. The van der Waals surface area contributed by atoms with Crippen LogP contribution in [0.2, 0.25) is 0 Å². The summed E-state index contributed by atoms with van der Waals surface area (Å²) in [5.41, 5.74) is 13.9. The summed E-state index contributed by atoms with van der Waals surface area (Å²) in [6.45, 7) is 3.66. The van der Waals surface area contributed by atoms with E-state index in [4.69, 9.17) is 16.2 Å². The van der Waals surface area contributed by atoms with Crippen LogP contribution in [0.1, 0.15) is 17.4 Å². The van der Waals surface area contributed by atoms with Gasteiger partial charge in [-0.2, -0.15) is 0 Å². The molecule has 0 spiro atoms. The van der Waals surface area contributed by atoms with E-state index in [-0.39, 0.29) is 0 Å². The van der Waals surface area contributed by atoms with Crippen molar-refractivity contribution < 1.29 is 19.1 Å². The third-order valence-corrected chi connectivity index (χ3v) is 4.40. The molecule has 0 bridgehead atoms. The van der Waals surface area contributed by atoms with Gasteiger partial charge in [0.15, 0.2) is 0 Å². The Morgan fingerprint density at radius 1 is 1.40 bits per heavy atom. The molecule has 25 heavy (non-hydrogen) atoms. The van der Waals surface area contributed by atoms with Gasteiger partial charge in [-0.15, -0.1) is 17.9 Å². The SMILES string of the molecule is C=CCC(OC(N)=O)c1cc(-c2ccc(NC(=O)OC)cc2N)cs1. The number of carbonyl (C=O) groups excluding carboxylic acids is 2. The normalized spacial score (nSPS) is 11.4. The van der Waals surface area contributed by atoms with E-state index in [1.807, 2.05) is 11.4 Å². The molecule has 2 aromatic rings. The van der Waals surface area contributed by atoms with Gasteiger partial charge < -0.3 is 20.9 Å². The lowest BCUT2D eigenvalue weighted by molar-refractivity contribution is 0.110. The van der Waals surface area contributed by atoms with Gasteiger partial charge in [-0.1, -0.05) is 12.1 Å². The number of anilines is 2. The molecule has 0 saturated carbocycles. The number of hydrogen-bond donors (Lipinski definition) is 3. The number of primary amides is 1. The summed E-state index contributed by atoms with van der Waals surface area (Å²) in [5, 5.41) is 4.46. The molecule has 0 aliphatic carbocycles. The molecule has 0 aliphatic rings. The van der Waals surface area contributed by atoms with E-state index in [0.717, 1.165) is 16.0 Å². The van der Waals surface area contributed by atoms with Crippen LogP contribution in [0.5, 0.6) is 0 Å². The molecule has 0 fully saturated rings. The number of nitrogens with one attached hydrogen (secondary N) is 1. The van der Waals surface area contributed by atoms with Gasteiger partial charge in [0.2, 0.25) is 0 Å². The Balaban J connectivity index is 2.24. The van der Waals surface area contributed by atoms with Gasteiger partial charge in [0.05, 0.1) is 7.11 Å². The summed E-state index contributed by atoms with van der Waals surface area (Å²) in [5.74, 6) is 0. The van der Waals surface area contributed by atoms with Crippen LogP contribution in [0.15, 0.2) is 42.3 Å². The number of amides is 2. The van der Waals surface area contributed by atoms with Crippen molar-refractivity contribution in [2.75, 3.05) is 18.2 Å². The van der Waals surface area contributed by atoms with Gasteiger partial charge in [0.1, 0.15) is 6.10 Å². The Labute approximate surface area is 149 Å². The lowest BCUT2D eigenvalue weighted by Gasteiger charge is -2.12. The maximum Gasteiger partial charge on any atom is 0.411 e. The zero-order valence-electron chi connectivity index (χ0n) is 13.7. The average molecular weight is 361 g/mol. The Hall–Kier alpha value is -3.00. The minimum atomic E-state index is -0.834. The molecule has 2 rings (SSSR count). The first-order valence-corrected chi connectivity index (χ1v) is 8.22. The second-order valence-corrected chi connectivity index (χ2v) is 6.05. The Morgan fingerprint density at radius 3 is 2.76 bits per heavy atom. The van der Waals surface area contributed by atoms with Crippen LogP contribution in [0.25, 0.3) is 11.1 Å². The predicted octanol–water partition coefficient (Wildman–Crippen LogP) is 3.89. The summed E-state index contributed by atoms with van der Waals surface area (Å²) >= 11 is 1.44. The number of rotatable bonds is 6. The van der Waals surface area contributed by atoms with E-state index < -0.39 is 18.3 Å². The lowest BCUT2D eigenvalue weighted by Crippen LogP contribution is -2.16. The zero-order chi connectivity index (χ0) is 18.4. The highest BCUT2D eigenvalue weighted by molar-refractivity contribution is 7.10. The van der Waals surface area contributed by atoms with Crippen molar-refractivity contribution in [3.05, 3.63) is 47.2 Å². The van der Waals surface area contributed by atoms with Gasteiger partial charge >= 0.3 is 12.2 Å². The quantitative estimate of drug-likeness (QED) is 0.533. The van der Waals surface area contributed by atoms with Crippen molar-refractivity contribution >= 4 is 34.9 Å². The minimum absolute atomic E-state index is 0.459. The molecule has 0 saturated heterocycles. The van der Waals surface area contributed by atoms with Crippen molar-refractivity contribution in [2.24, 2.45) is 5.73 Å². The van der Waals surface area contributed by atoms with Gasteiger partial charge in [0.25, 0.3) is 0 Å². The Bertz CT molecular complexity index is 788. The molecular weight excluding hydrogens is 342 g/mol. The summed E-state index contributed by atoms with van der Waals surface area (Å²) in [4.78, 5) is 23.1. The van der Waals surface area contributed by atoms with Crippen molar-refractivity contribution in [1.82, 2.24) is 0 Å². The van der Waals surface area contributed by atoms with Crippen LogP contribution in [-0.2, 0) is 9.47 Å². The molecule has 1 heterocycles. The largest absolute Gasteiger partial charge is 0.453 e. The first-order chi connectivity index (χ1) is 11.9. The van der Waals surface area contributed by atoms with E-state index in [0.29, 0.717) is 17.8 Å². The summed E-state index contributed by atoms with van der Waals surface area (Å²) in [6.07, 6.45) is 0.241. The van der Waals surface area contributed by atoms with Crippen LogP contribution in [0, 0.1) is 0 Å². The third kappa shape index (κ3) is 4.74. The van der Waals surface area contributed by atoms with Crippen molar-refractivity contribution in [1.29, 1.82) is 0 Å². The summed E-state index contributed by atoms with van der Waals surface area (Å²) in [6, 6.07) is 7.05. The lowest BCUT2D eigenvalue weighted by atomic mass is 10.0. The highest BCUT2D eigenvalue weighted by atomic mass is 32.1. The highest BCUT2D eigenvalue weighted by Crippen LogP contribution is 2.36. The number of benzene rings is 1.